The first-order valence-electron chi connectivity index (χ1n) is 5.45. The van der Waals surface area contributed by atoms with Crippen molar-refractivity contribution in [2.75, 3.05) is 12.3 Å². The molecule has 90 valence electrons. The van der Waals surface area contributed by atoms with E-state index in [0.717, 1.165) is 5.56 Å². The van der Waals surface area contributed by atoms with E-state index in [1.165, 1.54) is 0 Å². The molecule has 0 aliphatic carbocycles. The topological polar surface area (TPSA) is 78.9 Å². The largest absolute Gasteiger partial charge is 0.384 e. The van der Waals surface area contributed by atoms with Gasteiger partial charge in [-0.2, -0.15) is 5.10 Å². The van der Waals surface area contributed by atoms with Gasteiger partial charge in [-0.25, -0.2) is 14.6 Å². The molecular formula is C11H15N5O. The molecule has 1 atom stereocenters. The van der Waals surface area contributed by atoms with E-state index in [4.69, 9.17) is 10.5 Å². The van der Waals surface area contributed by atoms with Crippen molar-refractivity contribution in [3.63, 3.8) is 0 Å². The smallest absolute Gasteiger partial charge is 0.164 e. The predicted molar refractivity (Wildman–Crippen MR) is 64.0 cm³/mol. The minimum Gasteiger partial charge on any atom is -0.384 e. The van der Waals surface area contributed by atoms with Gasteiger partial charge in [-0.1, -0.05) is 0 Å². The van der Waals surface area contributed by atoms with E-state index in [1.54, 1.807) is 23.1 Å². The van der Waals surface area contributed by atoms with Crippen LogP contribution < -0.4 is 5.73 Å². The summed E-state index contributed by atoms with van der Waals surface area (Å²) >= 11 is 0. The second kappa shape index (κ2) is 4.92. The summed E-state index contributed by atoms with van der Waals surface area (Å²) < 4.78 is 7.16. The minimum absolute atomic E-state index is 0.102. The molecule has 2 aromatic heterocycles. The van der Waals surface area contributed by atoms with Crippen LogP contribution in [0, 0.1) is 0 Å². The van der Waals surface area contributed by atoms with Crippen molar-refractivity contribution >= 4 is 5.82 Å². The van der Waals surface area contributed by atoms with Gasteiger partial charge in [0, 0.05) is 19.0 Å². The summed E-state index contributed by atoms with van der Waals surface area (Å²) in [4.78, 5) is 8.28. The van der Waals surface area contributed by atoms with Crippen molar-refractivity contribution in [1.29, 1.82) is 0 Å². The Morgan fingerprint density at radius 3 is 3.06 bits per heavy atom. The fourth-order valence-electron chi connectivity index (χ4n) is 1.48. The van der Waals surface area contributed by atoms with E-state index in [0.29, 0.717) is 18.2 Å². The average molecular weight is 233 g/mol. The van der Waals surface area contributed by atoms with E-state index in [9.17, 15) is 0 Å². The molecule has 6 nitrogen and oxygen atoms in total. The maximum Gasteiger partial charge on any atom is 0.164 e. The molecule has 17 heavy (non-hydrogen) atoms. The Balaban J connectivity index is 2.23. The molecule has 0 saturated heterocycles. The fourth-order valence-corrected chi connectivity index (χ4v) is 1.48. The molecule has 2 N–H and O–H groups in total. The summed E-state index contributed by atoms with van der Waals surface area (Å²) in [7, 11) is 0. The number of nitrogen functional groups attached to an aromatic ring is 1. The Kier molecular flexibility index (Phi) is 3.34. The average Bonchev–Trinajstić information content (AvgIpc) is 2.78. The fraction of sp³-hybridized carbons (Fsp3) is 0.364. The van der Waals surface area contributed by atoms with Crippen molar-refractivity contribution in [2.45, 2.75) is 20.1 Å². The number of nitrogens with two attached hydrogens (primary N) is 1. The molecule has 0 aromatic carbocycles. The van der Waals surface area contributed by atoms with Gasteiger partial charge in [0.1, 0.15) is 12.0 Å². The van der Waals surface area contributed by atoms with Gasteiger partial charge < -0.3 is 10.5 Å². The van der Waals surface area contributed by atoms with Crippen molar-refractivity contribution in [2.24, 2.45) is 0 Å². The van der Waals surface area contributed by atoms with Crippen LogP contribution in [0.1, 0.15) is 20.1 Å². The van der Waals surface area contributed by atoms with Crippen LogP contribution in [0.4, 0.5) is 5.82 Å². The van der Waals surface area contributed by atoms with Crippen LogP contribution in [0.15, 0.2) is 24.7 Å². The van der Waals surface area contributed by atoms with Crippen molar-refractivity contribution < 1.29 is 4.74 Å². The predicted octanol–water partition coefficient (Wildman–Crippen LogP) is 1.48. The molecular weight excluding hydrogens is 218 g/mol. The van der Waals surface area contributed by atoms with Crippen LogP contribution in [0.2, 0.25) is 0 Å². The quantitative estimate of drug-likeness (QED) is 0.865. The van der Waals surface area contributed by atoms with Gasteiger partial charge in [0.15, 0.2) is 5.82 Å². The molecule has 0 amide bonds. The monoisotopic (exact) mass is 233 g/mol. The molecule has 1 unspecified atom stereocenters. The molecule has 2 aromatic rings. The van der Waals surface area contributed by atoms with Gasteiger partial charge in [0.05, 0.1) is 11.8 Å². The SMILES string of the molecule is CCOC(C)n1cc(-c2nccc(N)n2)cn1. The number of hydrogen-bond donors (Lipinski definition) is 1. The van der Waals surface area contributed by atoms with E-state index in [-0.39, 0.29) is 6.23 Å². The third-order valence-corrected chi connectivity index (χ3v) is 2.32. The first-order valence-corrected chi connectivity index (χ1v) is 5.45. The lowest BCUT2D eigenvalue weighted by Crippen LogP contribution is -2.09. The molecule has 0 radical (unpaired) electrons. The second-order valence-corrected chi connectivity index (χ2v) is 3.57. The number of nitrogens with zero attached hydrogens (tertiary/aromatic N) is 4. The van der Waals surface area contributed by atoms with Crippen molar-refractivity contribution in [3.8, 4) is 11.4 Å². The van der Waals surface area contributed by atoms with Gasteiger partial charge >= 0.3 is 0 Å². The van der Waals surface area contributed by atoms with Crippen LogP contribution >= 0.6 is 0 Å². The number of anilines is 1. The van der Waals surface area contributed by atoms with Gasteiger partial charge in [-0.15, -0.1) is 0 Å². The Morgan fingerprint density at radius 1 is 1.53 bits per heavy atom. The van der Waals surface area contributed by atoms with Crippen LogP contribution in [-0.4, -0.2) is 26.4 Å². The summed E-state index contributed by atoms with van der Waals surface area (Å²) in [5, 5.41) is 4.21. The molecule has 0 saturated carbocycles. The summed E-state index contributed by atoms with van der Waals surface area (Å²) in [6, 6.07) is 1.65. The molecule has 0 bridgehead atoms. The van der Waals surface area contributed by atoms with Crippen LogP contribution in [0.25, 0.3) is 11.4 Å². The third-order valence-electron chi connectivity index (χ3n) is 2.32. The lowest BCUT2D eigenvalue weighted by molar-refractivity contribution is 0.0160. The number of rotatable bonds is 4. The Labute approximate surface area is 99.4 Å². The molecule has 2 heterocycles. The highest BCUT2D eigenvalue weighted by Crippen LogP contribution is 2.16. The number of aromatic nitrogens is 4. The van der Waals surface area contributed by atoms with Gasteiger partial charge in [0.25, 0.3) is 0 Å². The Morgan fingerprint density at radius 2 is 2.35 bits per heavy atom. The van der Waals surface area contributed by atoms with Crippen molar-refractivity contribution in [1.82, 2.24) is 19.7 Å². The van der Waals surface area contributed by atoms with E-state index in [1.807, 2.05) is 20.0 Å². The summed E-state index contributed by atoms with van der Waals surface area (Å²) in [5.74, 6) is 1.01. The molecule has 6 heteroatoms. The van der Waals surface area contributed by atoms with E-state index < -0.39 is 0 Å². The summed E-state index contributed by atoms with van der Waals surface area (Å²) in [6.45, 7) is 4.52. The van der Waals surface area contributed by atoms with Crippen LogP contribution in [0.3, 0.4) is 0 Å². The number of ether oxygens (including phenoxy) is 1. The van der Waals surface area contributed by atoms with Crippen molar-refractivity contribution in [3.05, 3.63) is 24.7 Å². The van der Waals surface area contributed by atoms with Gasteiger partial charge in [-0.05, 0) is 19.9 Å². The molecule has 0 spiro atoms. The lowest BCUT2D eigenvalue weighted by Gasteiger charge is -2.11. The number of hydrogen-bond acceptors (Lipinski definition) is 5. The standard InChI is InChI=1S/C11H15N5O/c1-3-17-8(2)16-7-9(6-14-16)11-13-5-4-10(12)15-11/h4-8H,3H2,1-2H3,(H2,12,13,15). The van der Waals surface area contributed by atoms with Gasteiger partial charge in [-0.3, -0.25) is 0 Å². The third kappa shape index (κ3) is 2.59. The lowest BCUT2D eigenvalue weighted by atomic mass is 10.3. The maximum atomic E-state index is 5.61. The maximum absolute atomic E-state index is 5.61. The van der Waals surface area contributed by atoms with Crippen LogP contribution in [-0.2, 0) is 4.74 Å². The highest BCUT2D eigenvalue weighted by molar-refractivity contribution is 5.53. The highest BCUT2D eigenvalue weighted by Gasteiger charge is 2.09. The highest BCUT2D eigenvalue weighted by atomic mass is 16.5. The van der Waals surface area contributed by atoms with E-state index in [2.05, 4.69) is 15.1 Å². The molecule has 0 aliphatic heterocycles. The van der Waals surface area contributed by atoms with Crippen LogP contribution in [0.5, 0.6) is 0 Å². The van der Waals surface area contributed by atoms with E-state index >= 15 is 0 Å². The zero-order valence-electron chi connectivity index (χ0n) is 9.87. The van der Waals surface area contributed by atoms with Gasteiger partial charge in [0.2, 0.25) is 0 Å². The zero-order valence-corrected chi connectivity index (χ0v) is 9.87. The molecule has 2 rings (SSSR count). The Bertz CT molecular complexity index is 496. The molecule has 0 aliphatic rings. The summed E-state index contributed by atoms with van der Waals surface area (Å²) in [6.07, 6.45) is 5.07. The second-order valence-electron chi connectivity index (χ2n) is 3.57. The zero-order chi connectivity index (χ0) is 12.3. The normalized spacial score (nSPS) is 12.6. The first kappa shape index (κ1) is 11.5. The first-order chi connectivity index (χ1) is 8.20. The Hall–Kier alpha value is -1.95. The minimum atomic E-state index is -0.102. The molecule has 0 fully saturated rings. The summed E-state index contributed by atoms with van der Waals surface area (Å²) in [5.41, 5.74) is 6.43.